The Hall–Kier alpha value is -0.240. The van der Waals surface area contributed by atoms with Crippen molar-refractivity contribution in [3.05, 3.63) is 0 Å². The van der Waals surface area contributed by atoms with Crippen molar-refractivity contribution in [2.45, 2.75) is 19.4 Å². The van der Waals surface area contributed by atoms with Crippen LogP contribution in [0.2, 0.25) is 0 Å². The lowest BCUT2D eigenvalue weighted by Crippen LogP contribution is -2.51. The molecule has 0 spiro atoms. The van der Waals surface area contributed by atoms with Gasteiger partial charge in [0.2, 0.25) is 10.0 Å². The van der Waals surface area contributed by atoms with Crippen LogP contribution < -0.4 is 5.73 Å². The Morgan fingerprint density at radius 1 is 1.38 bits per heavy atom. The van der Waals surface area contributed by atoms with E-state index in [1.165, 1.54) is 10.6 Å². The van der Waals surface area contributed by atoms with E-state index in [4.69, 9.17) is 18.0 Å². The fourth-order valence-corrected chi connectivity index (χ4v) is 2.96. The van der Waals surface area contributed by atoms with Crippen molar-refractivity contribution >= 4 is 27.2 Å². The smallest absolute Gasteiger partial charge is 0.211 e. The van der Waals surface area contributed by atoms with Gasteiger partial charge in [-0.25, -0.2) is 8.42 Å². The minimum absolute atomic E-state index is 0.291. The molecule has 16 heavy (non-hydrogen) atoms. The van der Waals surface area contributed by atoms with E-state index in [2.05, 4.69) is 11.8 Å². The highest BCUT2D eigenvalue weighted by Gasteiger charge is 2.25. The zero-order valence-corrected chi connectivity index (χ0v) is 11.4. The zero-order valence-electron chi connectivity index (χ0n) is 9.72. The lowest BCUT2D eigenvalue weighted by atomic mass is 10.2. The summed E-state index contributed by atoms with van der Waals surface area (Å²) >= 11 is 4.87. The first kappa shape index (κ1) is 13.8. The van der Waals surface area contributed by atoms with Crippen molar-refractivity contribution in [3.8, 4) is 0 Å². The molecule has 0 aromatic carbocycles. The highest BCUT2D eigenvalue weighted by atomic mass is 32.2. The van der Waals surface area contributed by atoms with Gasteiger partial charge in [0.15, 0.2) is 0 Å². The van der Waals surface area contributed by atoms with Gasteiger partial charge in [0.05, 0.1) is 11.2 Å². The molecule has 1 aliphatic heterocycles. The van der Waals surface area contributed by atoms with Crippen LogP contribution >= 0.6 is 12.2 Å². The molecule has 7 heteroatoms. The van der Waals surface area contributed by atoms with Gasteiger partial charge in [-0.1, -0.05) is 12.2 Å². The fraction of sp³-hybridized carbons (Fsp3) is 0.889. The maximum absolute atomic E-state index is 11.3. The van der Waals surface area contributed by atoms with Crippen molar-refractivity contribution < 1.29 is 8.42 Å². The third kappa shape index (κ3) is 3.97. The molecule has 5 nitrogen and oxygen atoms in total. The number of nitrogens with zero attached hydrogens (tertiary/aromatic N) is 2. The Morgan fingerprint density at radius 2 is 1.88 bits per heavy atom. The van der Waals surface area contributed by atoms with Crippen molar-refractivity contribution in [3.63, 3.8) is 0 Å². The van der Waals surface area contributed by atoms with E-state index < -0.39 is 10.0 Å². The number of sulfonamides is 1. The van der Waals surface area contributed by atoms with E-state index >= 15 is 0 Å². The van der Waals surface area contributed by atoms with Gasteiger partial charge in [-0.15, -0.1) is 0 Å². The third-order valence-corrected chi connectivity index (χ3v) is 4.33. The predicted octanol–water partition coefficient (Wildman–Crippen LogP) is -0.372. The highest BCUT2D eigenvalue weighted by molar-refractivity contribution is 7.88. The van der Waals surface area contributed by atoms with Gasteiger partial charge in [0.1, 0.15) is 0 Å². The minimum atomic E-state index is -3.04. The van der Waals surface area contributed by atoms with Crippen LogP contribution in [-0.4, -0.2) is 61.1 Å². The van der Waals surface area contributed by atoms with Gasteiger partial charge < -0.3 is 5.73 Å². The molecule has 1 atom stereocenters. The molecule has 0 aromatic heterocycles. The van der Waals surface area contributed by atoms with Crippen LogP contribution in [0, 0.1) is 0 Å². The summed E-state index contributed by atoms with van der Waals surface area (Å²) in [6, 6.07) is 0.291. The van der Waals surface area contributed by atoms with E-state index in [1.807, 2.05) is 0 Å². The molecule has 94 valence electrons. The quantitative estimate of drug-likeness (QED) is 0.703. The number of hydrogen-bond donors (Lipinski definition) is 1. The van der Waals surface area contributed by atoms with Crippen molar-refractivity contribution in [2.75, 3.05) is 32.4 Å². The largest absolute Gasteiger partial charge is 0.393 e. The molecule has 1 heterocycles. The normalized spacial score (nSPS) is 21.9. The van der Waals surface area contributed by atoms with Crippen LogP contribution in [0.25, 0.3) is 0 Å². The molecule has 2 N–H and O–H groups in total. The Morgan fingerprint density at radius 3 is 2.25 bits per heavy atom. The van der Waals surface area contributed by atoms with Crippen molar-refractivity contribution in [1.82, 2.24) is 9.21 Å². The van der Waals surface area contributed by atoms with Gasteiger partial charge in [0, 0.05) is 38.6 Å². The molecule has 0 radical (unpaired) electrons. The van der Waals surface area contributed by atoms with Gasteiger partial charge in [-0.05, 0) is 6.92 Å². The summed E-state index contributed by atoms with van der Waals surface area (Å²) in [5, 5.41) is 0. The number of hydrogen-bond acceptors (Lipinski definition) is 4. The molecule has 0 saturated carbocycles. The molecule has 1 unspecified atom stereocenters. The molecule has 1 aliphatic rings. The predicted molar refractivity (Wildman–Crippen MR) is 68.9 cm³/mol. The maximum atomic E-state index is 11.3. The maximum Gasteiger partial charge on any atom is 0.211 e. The van der Waals surface area contributed by atoms with Crippen molar-refractivity contribution in [1.29, 1.82) is 0 Å². The number of piperazine rings is 1. The van der Waals surface area contributed by atoms with Crippen LogP contribution in [0.1, 0.15) is 13.3 Å². The lowest BCUT2D eigenvalue weighted by Gasteiger charge is -2.36. The van der Waals surface area contributed by atoms with Crippen LogP contribution in [0.15, 0.2) is 0 Å². The highest BCUT2D eigenvalue weighted by Crippen LogP contribution is 2.11. The van der Waals surface area contributed by atoms with E-state index in [0.29, 0.717) is 30.5 Å². The Labute approximate surface area is 103 Å². The van der Waals surface area contributed by atoms with E-state index in [9.17, 15) is 8.42 Å². The molecule has 1 rings (SSSR count). The van der Waals surface area contributed by atoms with Gasteiger partial charge in [-0.3, -0.25) is 4.90 Å². The Balaban J connectivity index is 2.46. The second-order valence-corrected chi connectivity index (χ2v) is 6.72. The molecular formula is C9H19N3O2S2. The monoisotopic (exact) mass is 265 g/mol. The van der Waals surface area contributed by atoms with Crippen LogP contribution in [0.5, 0.6) is 0 Å². The molecule has 0 amide bonds. The van der Waals surface area contributed by atoms with Gasteiger partial charge in [-0.2, -0.15) is 4.31 Å². The molecule has 1 fully saturated rings. The third-order valence-electron chi connectivity index (χ3n) is 2.86. The van der Waals surface area contributed by atoms with Gasteiger partial charge in [0.25, 0.3) is 0 Å². The summed E-state index contributed by atoms with van der Waals surface area (Å²) in [5.74, 6) is 0. The summed E-state index contributed by atoms with van der Waals surface area (Å²) in [7, 11) is -3.04. The molecule has 0 aromatic rings. The first-order valence-corrected chi connectivity index (χ1v) is 7.54. The van der Waals surface area contributed by atoms with Crippen LogP contribution in [-0.2, 0) is 10.0 Å². The SMILES string of the molecule is CC(CC(N)=S)N1CCN(S(C)(=O)=O)CC1. The standard InChI is InChI=1S/C9H19N3O2S2/c1-8(7-9(10)15)11-3-5-12(6-4-11)16(2,13)14/h8H,3-7H2,1-2H3,(H2,10,15). The number of nitrogens with two attached hydrogens (primary N) is 1. The van der Waals surface area contributed by atoms with E-state index in [0.717, 1.165) is 13.1 Å². The second kappa shape index (κ2) is 5.39. The van der Waals surface area contributed by atoms with E-state index in [1.54, 1.807) is 0 Å². The lowest BCUT2D eigenvalue weighted by molar-refractivity contribution is 0.149. The molecular weight excluding hydrogens is 246 g/mol. The zero-order chi connectivity index (χ0) is 12.3. The fourth-order valence-electron chi connectivity index (χ4n) is 1.90. The number of thiocarbonyl (C=S) groups is 1. The summed E-state index contributed by atoms with van der Waals surface area (Å²) in [6.45, 7) is 4.67. The summed E-state index contributed by atoms with van der Waals surface area (Å²) in [4.78, 5) is 2.74. The molecule has 0 aliphatic carbocycles. The first-order valence-electron chi connectivity index (χ1n) is 5.28. The average molecular weight is 265 g/mol. The molecule has 0 bridgehead atoms. The van der Waals surface area contributed by atoms with Crippen LogP contribution in [0.3, 0.4) is 0 Å². The molecule has 1 saturated heterocycles. The van der Waals surface area contributed by atoms with Crippen LogP contribution in [0.4, 0.5) is 0 Å². The summed E-state index contributed by atoms with van der Waals surface area (Å²) in [6.07, 6.45) is 1.94. The summed E-state index contributed by atoms with van der Waals surface area (Å²) < 4.78 is 24.1. The second-order valence-electron chi connectivity index (χ2n) is 4.22. The minimum Gasteiger partial charge on any atom is -0.393 e. The first-order chi connectivity index (χ1) is 7.30. The topological polar surface area (TPSA) is 66.6 Å². The van der Waals surface area contributed by atoms with E-state index in [-0.39, 0.29) is 0 Å². The Kier molecular flexibility index (Phi) is 4.66. The summed E-state index contributed by atoms with van der Waals surface area (Å²) in [5.41, 5.74) is 5.50. The Bertz CT molecular complexity index is 348. The number of rotatable bonds is 4. The van der Waals surface area contributed by atoms with Crippen molar-refractivity contribution in [2.24, 2.45) is 5.73 Å². The average Bonchev–Trinajstić information content (AvgIpc) is 2.15. The van der Waals surface area contributed by atoms with Gasteiger partial charge >= 0.3 is 0 Å².